The monoisotopic (exact) mass is 307 g/mol. The summed E-state index contributed by atoms with van der Waals surface area (Å²) in [4.78, 5) is 6.77. The van der Waals surface area contributed by atoms with Gasteiger partial charge in [0.2, 0.25) is 0 Å². The molecule has 2 fully saturated rings. The van der Waals surface area contributed by atoms with Crippen molar-refractivity contribution in [3.05, 3.63) is 35.4 Å². The Morgan fingerprint density at radius 2 is 1.59 bits per heavy atom. The molecule has 1 saturated heterocycles. The first-order chi connectivity index (χ1) is 10.6. The first-order valence-electron chi connectivity index (χ1n) is 8.16. The molecule has 0 aromatic heterocycles. The van der Waals surface area contributed by atoms with E-state index in [0.717, 1.165) is 37.6 Å². The molecule has 1 heterocycles. The standard InChI is InChI=1S/C17H23F2N3/c18-14-7-12(8-15(19)11-14)13-9-16(10-13)21-17(20)22-5-3-1-2-4-6-22/h7-8,11,13,16H,1-6,9-10H2,(H2,20,21). The zero-order valence-electron chi connectivity index (χ0n) is 12.8. The van der Waals surface area contributed by atoms with Gasteiger partial charge in [0.25, 0.3) is 0 Å². The van der Waals surface area contributed by atoms with Crippen molar-refractivity contribution in [1.29, 1.82) is 0 Å². The minimum Gasteiger partial charge on any atom is -0.370 e. The van der Waals surface area contributed by atoms with E-state index in [-0.39, 0.29) is 12.0 Å². The molecule has 0 atom stereocenters. The molecular formula is C17H23F2N3. The molecule has 0 spiro atoms. The van der Waals surface area contributed by atoms with Gasteiger partial charge in [-0.15, -0.1) is 0 Å². The van der Waals surface area contributed by atoms with Crippen LogP contribution in [0.15, 0.2) is 23.2 Å². The maximum absolute atomic E-state index is 13.2. The first-order valence-corrected chi connectivity index (χ1v) is 8.16. The number of nitrogens with two attached hydrogens (primary N) is 1. The number of halogens is 2. The number of guanidine groups is 1. The van der Waals surface area contributed by atoms with Crippen molar-refractivity contribution in [2.24, 2.45) is 10.7 Å². The Hall–Kier alpha value is -1.65. The summed E-state index contributed by atoms with van der Waals surface area (Å²) in [6.45, 7) is 1.97. The lowest BCUT2D eigenvalue weighted by Crippen LogP contribution is -2.40. The lowest BCUT2D eigenvalue weighted by atomic mass is 9.76. The quantitative estimate of drug-likeness (QED) is 0.672. The number of aliphatic imine (C=N–C) groups is 1. The minimum atomic E-state index is -0.508. The topological polar surface area (TPSA) is 41.6 Å². The number of rotatable bonds is 2. The van der Waals surface area contributed by atoms with E-state index < -0.39 is 11.6 Å². The lowest BCUT2D eigenvalue weighted by Gasteiger charge is -2.34. The molecule has 1 saturated carbocycles. The zero-order chi connectivity index (χ0) is 15.5. The molecule has 120 valence electrons. The summed E-state index contributed by atoms with van der Waals surface area (Å²) < 4.78 is 26.5. The summed E-state index contributed by atoms with van der Waals surface area (Å²) in [7, 11) is 0. The molecular weight excluding hydrogens is 284 g/mol. The van der Waals surface area contributed by atoms with Crippen LogP contribution in [-0.4, -0.2) is 30.0 Å². The normalized spacial score (nSPS) is 26.5. The second-order valence-electron chi connectivity index (χ2n) is 6.41. The molecule has 5 heteroatoms. The maximum atomic E-state index is 13.2. The van der Waals surface area contributed by atoms with Gasteiger partial charge in [0.15, 0.2) is 5.96 Å². The fourth-order valence-electron chi connectivity index (χ4n) is 3.34. The highest BCUT2D eigenvalue weighted by Gasteiger charge is 2.31. The largest absolute Gasteiger partial charge is 0.370 e. The average molecular weight is 307 g/mol. The van der Waals surface area contributed by atoms with Crippen LogP contribution in [-0.2, 0) is 0 Å². The van der Waals surface area contributed by atoms with Crippen molar-refractivity contribution in [2.75, 3.05) is 13.1 Å². The molecule has 1 aliphatic carbocycles. The van der Waals surface area contributed by atoms with Crippen LogP contribution >= 0.6 is 0 Å². The Labute approximate surface area is 130 Å². The van der Waals surface area contributed by atoms with Crippen LogP contribution in [0.25, 0.3) is 0 Å². The third-order valence-corrected chi connectivity index (χ3v) is 4.71. The van der Waals surface area contributed by atoms with Crippen molar-refractivity contribution in [1.82, 2.24) is 4.90 Å². The summed E-state index contributed by atoms with van der Waals surface area (Å²) in [5.74, 6) is -0.191. The van der Waals surface area contributed by atoms with Gasteiger partial charge >= 0.3 is 0 Å². The van der Waals surface area contributed by atoms with Gasteiger partial charge < -0.3 is 10.6 Å². The average Bonchev–Trinajstić information content (AvgIpc) is 2.70. The highest BCUT2D eigenvalue weighted by atomic mass is 19.1. The van der Waals surface area contributed by atoms with Gasteiger partial charge in [-0.25, -0.2) is 13.8 Å². The van der Waals surface area contributed by atoms with E-state index >= 15 is 0 Å². The van der Waals surface area contributed by atoms with E-state index in [9.17, 15) is 8.78 Å². The fourth-order valence-corrected chi connectivity index (χ4v) is 3.34. The lowest BCUT2D eigenvalue weighted by molar-refractivity contribution is 0.342. The van der Waals surface area contributed by atoms with E-state index in [1.54, 1.807) is 0 Å². The van der Waals surface area contributed by atoms with Crippen molar-refractivity contribution < 1.29 is 8.78 Å². The van der Waals surface area contributed by atoms with Crippen LogP contribution in [0.1, 0.15) is 50.0 Å². The van der Waals surface area contributed by atoms with E-state index in [4.69, 9.17) is 5.73 Å². The second-order valence-corrected chi connectivity index (χ2v) is 6.41. The van der Waals surface area contributed by atoms with Crippen LogP contribution in [0, 0.1) is 11.6 Å². The van der Waals surface area contributed by atoms with Gasteiger partial charge in [-0.05, 0) is 49.3 Å². The van der Waals surface area contributed by atoms with E-state index in [0.29, 0.717) is 5.96 Å². The predicted molar refractivity (Wildman–Crippen MR) is 83.8 cm³/mol. The van der Waals surface area contributed by atoms with Gasteiger partial charge in [-0.3, -0.25) is 0 Å². The van der Waals surface area contributed by atoms with Crippen LogP contribution in [0.5, 0.6) is 0 Å². The molecule has 0 bridgehead atoms. The highest BCUT2D eigenvalue weighted by Crippen LogP contribution is 2.39. The van der Waals surface area contributed by atoms with Gasteiger partial charge in [-0.1, -0.05) is 12.8 Å². The van der Waals surface area contributed by atoms with E-state index in [2.05, 4.69) is 9.89 Å². The smallest absolute Gasteiger partial charge is 0.191 e. The SMILES string of the molecule is NC(=NC1CC(c2cc(F)cc(F)c2)C1)N1CCCCCC1. The Morgan fingerprint density at radius 1 is 1.00 bits per heavy atom. The van der Waals surface area contributed by atoms with Crippen molar-refractivity contribution in [3.63, 3.8) is 0 Å². The van der Waals surface area contributed by atoms with Gasteiger partial charge in [0.1, 0.15) is 11.6 Å². The van der Waals surface area contributed by atoms with Crippen molar-refractivity contribution in [3.8, 4) is 0 Å². The summed E-state index contributed by atoms with van der Waals surface area (Å²) in [6.07, 6.45) is 6.51. The predicted octanol–water partition coefficient (Wildman–Crippen LogP) is 3.40. The molecule has 3 nitrogen and oxygen atoms in total. The molecule has 2 N–H and O–H groups in total. The molecule has 0 amide bonds. The summed E-state index contributed by atoms with van der Waals surface area (Å²) in [5.41, 5.74) is 6.85. The van der Waals surface area contributed by atoms with Gasteiger partial charge in [0, 0.05) is 19.2 Å². The van der Waals surface area contributed by atoms with Crippen LogP contribution in [0.4, 0.5) is 8.78 Å². The summed E-state index contributed by atoms with van der Waals surface area (Å²) in [5, 5.41) is 0. The molecule has 0 radical (unpaired) electrons. The number of benzene rings is 1. The Kier molecular flexibility index (Phi) is 4.60. The highest BCUT2D eigenvalue weighted by molar-refractivity contribution is 5.78. The van der Waals surface area contributed by atoms with Gasteiger partial charge in [0.05, 0.1) is 6.04 Å². The summed E-state index contributed by atoms with van der Waals surface area (Å²) >= 11 is 0. The van der Waals surface area contributed by atoms with E-state index in [1.165, 1.54) is 37.8 Å². The second kappa shape index (κ2) is 6.63. The van der Waals surface area contributed by atoms with Crippen LogP contribution in [0.3, 0.4) is 0 Å². The molecule has 2 aliphatic rings. The third kappa shape index (κ3) is 3.57. The third-order valence-electron chi connectivity index (χ3n) is 4.71. The molecule has 3 rings (SSSR count). The first kappa shape index (κ1) is 15.3. The number of hydrogen-bond acceptors (Lipinski definition) is 1. The number of hydrogen-bond donors (Lipinski definition) is 1. The minimum absolute atomic E-state index is 0.180. The Bertz CT molecular complexity index is 525. The van der Waals surface area contributed by atoms with Crippen molar-refractivity contribution in [2.45, 2.75) is 50.5 Å². The molecule has 1 aromatic carbocycles. The molecule has 22 heavy (non-hydrogen) atoms. The number of nitrogens with zero attached hydrogens (tertiary/aromatic N) is 2. The molecule has 1 aliphatic heterocycles. The van der Waals surface area contributed by atoms with Crippen LogP contribution in [0.2, 0.25) is 0 Å². The maximum Gasteiger partial charge on any atom is 0.191 e. The zero-order valence-corrected chi connectivity index (χ0v) is 12.8. The van der Waals surface area contributed by atoms with Gasteiger partial charge in [-0.2, -0.15) is 0 Å². The molecule has 0 unspecified atom stereocenters. The van der Waals surface area contributed by atoms with E-state index in [1.807, 2.05) is 0 Å². The Balaban J connectivity index is 1.57. The molecule has 1 aromatic rings. The fraction of sp³-hybridized carbons (Fsp3) is 0.588. The Morgan fingerprint density at radius 3 is 2.18 bits per heavy atom. The summed E-state index contributed by atoms with van der Waals surface area (Å²) in [6, 6.07) is 3.94. The van der Waals surface area contributed by atoms with Crippen LogP contribution < -0.4 is 5.73 Å². The number of likely N-dealkylation sites (tertiary alicyclic amines) is 1. The van der Waals surface area contributed by atoms with Crippen molar-refractivity contribution >= 4 is 5.96 Å².